The molecule has 0 radical (unpaired) electrons. The second-order valence-corrected chi connectivity index (χ2v) is 7.05. The van der Waals surface area contributed by atoms with E-state index in [1.54, 1.807) is 20.3 Å². The van der Waals surface area contributed by atoms with E-state index in [9.17, 15) is 9.90 Å². The second-order valence-electron chi connectivity index (χ2n) is 7.05. The molecule has 0 heterocycles. The summed E-state index contributed by atoms with van der Waals surface area (Å²) in [5.41, 5.74) is 2.05. The van der Waals surface area contributed by atoms with E-state index in [4.69, 9.17) is 9.47 Å². The van der Waals surface area contributed by atoms with Crippen LogP contribution in [-0.4, -0.2) is 31.8 Å². The molecule has 0 aliphatic carbocycles. The van der Waals surface area contributed by atoms with Crippen LogP contribution < -0.4 is 20.1 Å². The Hall–Kier alpha value is -3.41. The molecule has 158 valence electrons. The van der Waals surface area contributed by atoms with E-state index in [1.165, 1.54) is 0 Å². The number of phenolic OH excluding ortho intramolecular Hbond substituents is 1. The number of phenols is 1. The summed E-state index contributed by atoms with van der Waals surface area (Å²) in [5, 5.41) is 18.6. The van der Waals surface area contributed by atoms with Crippen LogP contribution in [0.1, 0.15) is 25.3 Å². The minimum atomic E-state index is -0.209. The third-order valence-corrected chi connectivity index (χ3v) is 4.97. The number of unbranched alkanes of at least 4 members (excludes halogenated alkanes) is 1. The Balaban J connectivity index is 2.03. The van der Waals surface area contributed by atoms with Crippen molar-refractivity contribution in [2.24, 2.45) is 0 Å². The summed E-state index contributed by atoms with van der Waals surface area (Å²) >= 11 is 0. The number of ether oxygens (including phenoxy) is 2. The monoisotopic (exact) mass is 408 g/mol. The van der Waals surface area contributed by atoms with Crippen LogP contribution in [0.4, 0.5) is 11.4 Å². The quantitative estimate of drug-likeness (QED) is 0.436. The van der Waals surface area contributed by atoms with E-state index in [1.807, 2.05) is 42.5 Å². The molecule has 0 saturated carbocycles. The number of benzene rings is 3. The fourth-order valence-electron chi connectivity index (χ4n) is 3.41. The normalized spacial score (nSPS) is 10.6. The van der Waals surface area contributed by atoms with Crippen LogP contribution in [0.3, 0.4) is 0 Å². The molecule has 30 heavy (non-hydrogen) atoms. The van der Waals surface area contributed by atoms with Crippen LogP contribution in [-0.2, 0) is 11.2 Å². The van der Waals surface area contributed by atoms with Gasteiger partial charge in [0.15, 0.2) is 11.5 Å². The van der Waals surface area contributed by atoms with Crippen molar-refractivity contribution in [1.82, 2.24) is 0 Å². The lowest BCUT2D eigenvalue weighted by Gasteiger charge is -2.17. The summed E-state index contributed by atoms with van der Waals surface area (Å²) < 4.78 is 10.9. The third-order valence-electron chi connectivity index (χ3n) is 4.97. The molecule has 0 fully saturated rings. The zero-order valence-electron chi connectivity index (χ0n) is 17.6. The Labute approximate surface area is 176 Å². The maximum absolute atomic E-state index is 12.7. The van der Waals surface area contributed by atoms with Crippen molar-refractivity contribution in [2.45, 2.75) is 26.2 Å². The molecule has 0 aliphatic rings. The topological polar surface area (TPSA) is 79.8 Å². The van der Waals surface area contributed by atoms with E-state index < -0.39 is 0 Å². The number of aromatic hydroxyl groups is 1. The molecule has 0 spiro atoms. The van der Waals surface area contributed by atoms with Crippen molar-refractivity contribution in [2.75, 3.05) is 31.4 Å². The van der Waals surface area contributed by atoms with Crippen LogP contribution >= 0.6 is 0 Å². The number of anilines is 2. The molecule has 0 unspecified atom stereocenters. The number of rotatable bonds is 9. The molecule has 6 heteroatoms. The molecule has 3 aromatic rings. The van der Waals surface area contributed by atoms with Crippen molar-refractivity contribution < 1.29 is 19.4 Å². The molecule has 3 rings (SSSR count). The number of hydrogen-bond acceptors (Lipinski definition) is 5. The highest BCUT2D eigenvalue weighted by Crippen LogP contribution is 2.40. The van der Waals surface area contributed by atoms with Crippen LogP contribution in [0.2, 0.25) is 0 Å². The SMILES string of the molecule is CCCCNc1cc(O)c(CC(=O)Nc2ccccc2)c2cc(OC)c(OC)cc12. The first kappa shape index (κ1) is 21.3. The number of para-hydroxylation sites is 1. The first-order valence-electron chi connectivity index (χ1n) is 10.1. The van der Waals surface area contributed by atoms with Gasteiger partial charge in [0.1, 0.15) is 5.75 Å². The Morgan fingerprint density at radius 1 is 1.00 bits per heavy atom. The summed E-state index contributed by atoms with van der Waals surface area (Å²) in [6, 6.07) is 14.6. The summed E-state index contributed by atoms with van der Waals surface area (Å²) in [4.78, 5) is 12.7. The standard InChI is InChI=1S/C24H28N2O4/c1-4-5-11-25-20-15-21(27)19(14-24(28)26-16-9-7-6-8-10-16)17-12-22(29-2)23(30-3)13-18(17)20/h6-10,12-13,15,25,27H,4-5,11,14H2,1-3H3,(H,26,28). The van der Waals surface area contributed by atoms with Crippen LogP contribution in [0.5, 0.6) is 17.2 Å². The Kier molecular flexibility index (Phi) is 7.01. The Morgan fingerprint density at radius 3 is 2.30 bits per heavy atom. The molecule has 3 aromatic carbocycles. The van der Waals surface area contributed by atoms with E-state index in [0.29, 0.717) is 22.7 Å². The Bertz CT molecular complexity index is 1020. The Morgan fingerprint density at radius 2 is 1.67 bits per heavy atom. The minimum Gasteiger partial charge on any atom is -0.508 e. The number of carbonyl (C=O) groups is 1. The summed E-state index contributed by atoms with van der Waals surface area (Å²) in [6.07, 6.45) is 2.10. The van der Waals surface area contributed by atoms with Gasteiger partial charge >= 0.3 is 0 Å². The molecule has 0 atom stereocenters. The molecule has 0 bridgehead atoms. The first-order valence-corrected chi connectivity index (χ1v) is 10.1. The van der Waals surface area contributed by atoms with Crippen molar-refractivity contribution in [1.29, 1.82) is 0 Å². The summed E-state index contributed by atoms with van der Waals surface area (Å²) in [5.74, 6) is 0.991. The summed E-state index contributed by atoms with van der Waals surface area (Å²) in [7, 11) is 3.15. The fourth-order valence-corrected chi connectivity index (χ4v) is 3.41. The highest BCUT2D eigenvalue weighted by molar-refractivity contribution is 6.03. The largest absolute Gasteiger partial charge is 0.508 e. The van der Waals surface area contributed by atoms with Crippen molar-refractivity contribution in [3.63, 3.8) is 0 Å². The zero-order chi connectivity index (χ0) is 21.5. The van der Waals surface area contributed by atoms with Gasteiger partial charge in [0.25, 0.3) is 0 Å². The van der Waals surface area contributed by atoms with E-state index in [-0.39, 0.29) is 18.1 Å². The van der Waals surface area contributed by atoms with Gasteiger partial charge in [-0.3, -0.25) is 4.79 Å². The van der Waals surface area contributed by atoms with E-state index in [0.717, 1.165) is 35.8 Å². The maximum atomic E-state index is 12.7. The van der Waals surface area contributed by atoms with Gasteiger partial charge < -0.3 is 25.2 Å². The molecule has 0 aliphatic heterocycles. The number of carbonyl (C=O) groups excluding carboxylic acids is 1. The molecule has 6 nitrogen and oxygen atoms in total. The molecular formula is C24H28N2O4. The second kappa shape index (κ2) is 9.87. The minimum absolute atomic E-state index is 0.0297. The third kappa shape index (κ3) is 4.76. The van der Waals surface area contributed by atoms with Crippen LogP contribution in [0, 0.1) is 0 Å². The number of fused-ring (bicyclic) bond motifs is 1. The van der Waals surface area contributed by atoms with Gasteiger partial charge in [-0.05, 0) is 36.1 Å². The summed E-state index contributed by atoms with van der Waals surface area (Å²) in [6.45, 7) is 2.91. The highest BCUT2D eigenvalue weighted by Gasteiger charge is 2.18. The van der Waals surface area contributed by atoms with Crippen molar-refractivity contribution >= 4 is 28.1 Å². The van der Waals surface area contributed by atoms with Crippen LogP contribution in [0.15, 0.2) is 48.5 Å². The number of amides is 1. The molecule has 3 N–H and O–H groups in total. The first-order chi connectivity index (χ1) is 14.6. The van der Waals surface area contributed by atoms with Gasteiger partial charge in [-0.1, -0.05) is 31.5 Å². The lowest BCUT2D eigenvalue weighted by atomic mass is 9.98. The lowest BCUT2D eigenvalue weighted by molar-refractivity contribution is -0.115. The van der Waals surface area contributed by atoms with Gasteiger partial charge in [0.2, 0.25) is 5.91 Å². The average Bonchev–Trinajstić information content (AvgIpc) is 2.76. The molecule has 1 amide bonds. The van der Waals surface area contributed by atoms with Gasteiger partial charge in [0, 0.05) is 34.9 Å². The van der Waals surface area contributed by atoms with Crippen LogP contribution in [0.25, 0.3) is 10.8 Å². The molecular weight excluding hydrogens is 380 g/mol. The maximum Gasteiger partial charge on any atom is 0.228 e. The van der Waals surface area contributed by atoms with Crippen molar-refractivity contribution in [3.05, 3.63) is 54.1 Å². The predicted octanol–water partition coefficient (Wildman–Crippen LogP) is 4.96. The molecule has 0 saturated heterocycles. The lowest BCUT2D eigenvalue weighted by Crippen LogP contribution is -2.15. The van der Waals surface area contributed by atoms with Gasteiger partial charge in [-0.2, -0.15) is 0 Å². The van der Waals surface area contributed by atoms with Crippen molar-refractivity contribution in [3.8, 4) is 17.2 Å². The number of hydrogen-bond donors (Lipinski definition) is 3. The average molecular weight is 408 g/mol. The van der Waals surface area contributed by atoms with Gasteiger partial charge in [0.05, 0.1) is 20.6 Å². The fraction of sp³-hybridized carbons (Fsp3) is 0.292. The van der Waals surface area contributed by atoms with E-state index >= 15 is 0 Å². The molecule has 0 aromatic heterocycles. The van der Waals surface area contributed by atoms with Gasteiger partial charge in [-0.25, -0.2) is 0 Å². The number of nitrogens with one attached hydrogen (secondary N) is 2. The zero-order valence-corrected chi connectivity index (χ0v) is 17.6. The van der Waals surface area contributed by atoms with E-state index in [2.05, 4.69) is 17.6 Å². The smallest absolute Gasteiger partial charge is 0.228 e. The number of methoxy groups -OCH3 is 2. The highest BCUT2D eigenvalue weighted by atomic mass is 16.5. The predicted molar refractivity (Wildman–Crippen MR) is 121 cm³/mol. The van der Waals surface area contributed by atoms with Gasteiger partial charge in [-0.15, -0.1) is 0 Å².